The number of carbonyl (C=O) groups excluding carboxylic acids is 1. The third kappa shape index (κ3) is 2.88. The molecular formula is C15H15BrFNOS. The maximum Gasteiger partial charge on any atom is 0.261 e. The summed E-state index contributed by atoms with van der Waals surface area (Å²) in [4.78, 5) is 13.3. The topological polar surface area (TPSA) is 29.1 Å². The first-order valence-corrected chi connectivity index (χ1v) is 8.48. The summed E-state index contributed by atoms with van der Waals surface area (Å²) < 4.78 is 14.0. The largest absolute Gasteiger partial charge is 0.351 e. The lowest BCUT2D eigenvalue weighted by Gasteiger charge is -2.14. The normalized spacial score (nSPS) is 22.3. The van der Waals surface area contributed by atoms with Gasteiger partial charge in [-0.05, 0) is 42.3 Å². The predicted octanol–water partition coefficient (Wildman–Crippen LogP) is 4.33. The van der Waals surface area contributed by atoms with Crippen LogP contribution in [0.5, 0.6) is 0 Å². The number of hydrogen-bond acceptors (Lipinski definition) is 2. The first-order chi connectivity index (χ1) is 9.63. The zero-order chi connectivity index (χ0) is 14.1. The molecule has 0 aliphatic heterocycles. The van der Waals surface area contributed by atoms with E-state index in [0.29, 0.717) is 22.2 Å². The number of carbonyl (C=O) groups is 1. The SMILES string of the molecule is O=C(NCC1CCCC1Br)c1cc2ccc(F)cc2s1. The second-order valence-corrected chi connectivity index (χ2v) is 7.47. The van der Waals surface area contributed by atoms with Gasteiger partial charge in [-0.2, -0.15) is 0 Å². The van der Waals surface area contributed by atoms with Gasteiger partial charge in [0.1, 0.15) is 5.82 Å². The number of hydrogen-bond donors (Lipinski definition) is 1. The van der Waals surface area contributed by atoms with Gasteiger partial charge in [0.15, 0.2) is 0 Å². The van der Waals surface area contributed by atoms with Crippen LogP contribution in [0.1, 0.15) is 28.9 Å². The molecule has 1 fully saturated rings. The first-order valence-electron chi connectivity index (χ1n) is 6.75. The molecule has 0 spiro atoms. The van der Waals surface area contributed by atoms with Crippen molar-refractivity contribution in [3.8, 4) is 0 Å². The third-order valence-electron chi connectivity index (χ3n) is 3.80. The van der Waals surface area contributed by atoms with Crippen molar-refractivity contribution in [1.29, 1.82) is 0 Å². The molecule has 1 aromatic carbocycles. The average molecular weight is 356 g/mol. The molecule has 1 amide bonds. The smallest absolute Gasteiger partial charge is 0.261 e. The van der Waals surface area contributed by atoms with Gasteiger partial charge in [-0.25, -0.2) is 4.39 Å². The average Bonchev–Trinajstić information content (AvgIpc) is 3.01. The minimum absolute atomic E-state index is 0.0572. The molecule has 2 aromatic rings. The summed E-state index contributed by atoms with van der Waals surface area (Å²) in [5.74, 6) is 0.198. The fourth-order valence-corrected chi connectivity index (χ4v) is 4.43. The van der Waals surface area contributed by atoms with E-state index >= 15 is 0 Å². The summed E-state index contributed by atoms with van der Waals surface area (Å²) in [6.45, 7) is 0.706. The molecule has 0 bridgehead atoms. The quantitative estimate of drug-likeness (QED) is 0.815. The summed E-state index contributed by atoms with van der Waals surface area (Å²) in [5.41, 5.74) is 0. The van der Waals surface area contributed by atoms with Crippen molar-refractivity contribution in [3.63, 3.8) is 0 Å². The van der Waals surface area contributed by atoms with Gasteiger partial charge in [-0.3, -0.25) is 4.79 Å². The van der Waals surface area contributed by atoms with E-state index in [-0.39, 0.29) is 11.7 Å². The molecule has 5 heteroatoms. The Kier molecular flexibility index (Phi) is 4.08. The van der Waals surface area contributed by atoms with E-state index in [9.17, 15) is 9.18 Å². The van der Waals surface area contributed by atoms with Gasteiger partial charge in [-0.1, -0.05) is 28.4 Å². The van der Waals surface area contributed by atoms with Gasteiger partial charge in [0.25, 0.3) is 5.91 Å². The molecule has 1 aliphatic carbocycles. The van der Waals surface area contributed by atoms with Crippen LogP contribution in [-0.4, -0.2) is 17.3 Å². The molecular weight excluding hydrogens is 341 g/mol. The van der Waals surface area contributed by atoms with Gasteiger partial charge in [0, 0.05) is 16.1 Å². The summed E-state index contributed by atoms with van der Waals surface area (Å²) in [5, 5.41) is 3.91. The zero-order valence-corrected chi connectivity index (χ0v) is 13.3. The molecule has 2 nitrogen and oxygen atoms in total. The molecule has 0 saturated heterocycles. The van der Waals surface area contributed by atoms with Gasteiger partial charge < -0.3 is 5.32 Å². The Hall–Kier alpha value is -0.940. The van der Waals surface area contributed by atoms with E-state index < -0.39 is 0 Å². The highest BCUT2D eigenvalue weighted by Crippen LogP contribution is 2.31. The number of halogens is 2. The molecule has 20 heavy (non-hydrogen) atoms. The molecule has 2 unspecified atom stereocenters. The number of benzene rings is 1. The molecule has 0 radical (unpaired) electrons. The van der Waals surface area contributed by atoms with Crippen LogP contribution in [0.15, 0.2) is 24.3 Å². The minimum Gasteiger partial charge on any atom is -0.351 e. The standard InChI is InChI=1S/C15H15BrFNOS/c16-12-3-1-2-10(12)8-18-15(19)14-6-9-4-5-11(17)7-13(9)20-14/h4-7,10,12H,1-3,8H2,(H,18,19). The summed E-state index contributed by atoms with van der Waals surface area (Å²) >= 11 is 5.00. The molecule has 1 aliphatic rings. The van der Waals surface area contributed by atoms with Crippen LogP contribution in [0.3, 0.4) is 0 Å². The summed E-state index contributed by atoms with van der Waals surface area (Å²) in [7, 11) is 0. The molecule has 1 N–H and O–H groups in total. The fraction of sp³-hybridized carbons (Fsp3) is 0.400. The molecule has 2 atom stereocenters. The van der Waals surface area contributed by atoms with Gasteiger partial charge in [-0.15, -0.1) is 11.3 Å². The van der Waals surface area contributed by atoms with E-state index in [4.69, 9.17) is 0 Å². The Bertz CT molecular complexity index is 642. The maximum atomic E-state index is 13.1. The Balaban J connectivity index is 1.69. The van der Waals surface area contributed by atoms with Crippen LogP contribution >= 0.6 is 27.3 Å². The lowest BCUT2D eigenvalue weighted by Crippen LogP contribution is -2.30. The van der Waals surface area contributed by atoms with Crippen molar-refractivity contribution in [1.82, 2.24) is 5.32 Å². The van der Waals surface area contributed by atoms with Crippen LogP contribution in [-0.2, 0) is 0 Å². The first kappa shape index (κ1) is 14.0. The van der Waals surface area contributed by atoms with Gasteiger partial charge in [0.2, 0.25) is 0 Å². The highest BCUT2D eigenvalue weighted by Gasteiger charge is 2.25. The van der Waals surface area contributed by atoms with Crippen LogP contribution < -0.4 is 5.32 Å². The second kappa shape index (κ2) is 5.82. The van der Waals surface area contributed by atoms with Crippen molar-refractivity contribution in [2.75, 3.05) is 6.54 Å². The Morgan fingerprint density at radius 1 is 1.40 bits per heavy atom. The number of amides is 1. The van der Waals surface area contributed by atoms with Gasteiger partial charge in [0.05, 0.1) is 4.88 Å². The van der Waals surface area contributed by atoms with Crippen molar-refractivity contribution in [2.24, 2.45) is 5.92 Å². The predicted molar refractivity (Wildman–Crippen MR) is 84.2 cm³/mol. The van der Waals surface area contributed by atoms with E-state index in [2.05, 4.69) is 21.2 Å². The number of alkyl halides is 1. The molecule has 106 valence electrons. The van der Waals surface area contributed by atoms with E-state index in [1.54, 1.807) is 6.07 Å². The van der Waals surface area contributed by atoms with Crippen molar-refractivity contribution in [2.45, 2.75) is 24.1 Å². The van der Waals surface area contributed by atoms with Crippen LogP contribution in [0.4, 0.5) is 4.39 Å². The van der Waals surface area contributed by atoms with Crippen LogP contribution in [0, 0.1) is 11.7 Å². The highest BCUT2D eigenvalue weighted by molar-refractivity contribution is 9.09. The van der Waals surface area contributed by atoms with Crippen molar-refractivity contribution < 1.29 is 9.18 Å². The van der Waals surface area contributed by atoms with Crippen molar-refractivity contribution in [3.05, 3.63) is 35.0 Å². The van der Waals surface area contributed by atoms with E-state index in [1.807, 2.05) is 6.07 Å². The zero-order valence-electron chi connectivity index (χ0n) is 10.9. The van der Waals surface area contributed by atoms with Crippen molar-refractivity contribution >= 4 is 43.3 Å². The fourth-order valence-electron chi connectivity index (χ4n) is 2.65. The van der Waals surface area contributed by atoms with Crippen LogP contribution in [0.25, 0.3) is 10.1 Å². The summed E-state index contributed by atoms with van der Waals surface area (Å²) in [6.07, 6.45) is 3.56. The lowest BCUT2D eigenvalue weighted by molar-refractivity contribution is 0.0952. The summed E-state index contributed by atoms with van der Waals surface area (Å²) in [6, 6.07) is 6.44. The maximum absolute atomic E-state index is 13.1. The second-order valence-electron chi connectivity index (χ2n) is 5.21. The van der Waals surface area contributed by atoms with E-state index in [1.165, 1.54) is 36.3 Å². The highest BCUT2D eigenvalue weighted by atomic mass is 79.9. The molecule has 3 rings (SSSR count). The Morgan fingerprint density at radius 3 is 3.00 bits per heavy atom. The number of fused-ring (bicyclic) bond motifs is 1. The molecule has 1 aromatic heterocycles. The van der Waals surface area contributed by atoms with Crippen LogP contribution in [0.2, 0.25) is 0 Å². The third-order valence-corrected chi connectivity index (χ3v) is 6.10. The van der Waals surface area contributed by atoms with Gasteiger partial charge >= 0.3 is 0 Å². The molecule has 1 saturated carbocycles. The molecule has 1 heterocycles. The number of thiophene rings is 1. The Morgan fingerprint density at radius 2 is 2.25 bits per heavy atom. The van der Waals surface area contributed by atoms with E-state index in [0.717, 1.165) is 16.5 Å². The lowest BCUT2D eigenvalue weighted by atomic mass is 10.1. The number of nitrogens with one attached hydrogen (secondary N) is 1. The minimum atomic E-state index is -0.264. The number of rotatable bonds is 3. The monoisotopic (exact) mass is 355 g/mol. The Labute approximate surface area is 129 Å².